The molecule has 0 spiro atoms. The van der Waals surface area contributed by atoms with E-state index in [1.807, 2.05) is 6.92 Å². The Hall–Kier alpha value is -2.31. The van der Waals surface area contributed by atoms with Crippen molar-refractivity contribution in [1.82, 2.24) is 0 Å². The van der Waals surface area contributed by atoms with Gasteiger partial charge in [0.15, 0.2) is 17.6 Å². The first-order chi connectivity index (χ1) is 9.49. The molecule has 20 heavy (non-hydrogen) atoms. The molecule has 0 aromatic heterocycles. The van der Waals surface area contributed by atoms with Gasteiger partial charge >= 0.3 is 5.97 Å². The Morgan fingerprint density at radius 3 is 2.65 bits per heavy atom. The summed E-state index contributed by atoms with van der Waals surface area (Å²) in [5, 5.41) is 19.8. The summed E-state index contributed by atoms with van der Waals surface area (Å²) in [7, 11) is 1.34. The predicted molar refractivity (Wildman–Crippen MR) is 71.2 cm³/mol. The Morgan fingerprint density at radius 1 is 1.45 bits per heavy atom. The summed E-state index contributed by atoms with van der Waals surface area (Å²) in [6.45, 7) is 1.95. The van der Waals surface area contributed by atoms with Crippen LogP contribution in [0, 0.1) is 10.1 Å². The minimum Gasteiger partial charge on any atom is -0.493 e. The molecule has 0 heterocycles. The molecule has 0 aliphatic carbocycles. The Kier molecular flexibility index (Phi) is 5.76. The molecule has 0 radical (unpaired) electrons. The average Bonchev–Trinajstić information content (AvgIpc) is 2.42. The molecular formula is C13H17NO6. The Balaban J connectivity index is 2.94. The molecule has 1 unspecified atom stereocenters. The van der Waals surface area contributed by atoms with Crippen molar-refractivity contribution in [1.29, 1.82) is 0 Å². The van der Waals surface area contributed by atoms with Crippen LogP contribution in [0.4, 0.5) is 5.69 Å². The van der Waals surface area contributed by atoms with Gasteiger partial charge in [-0.1, -0.05) is 13.3 Å². The quantitative estimate of drug-likeness (QED) is 0.581. The fourth-order valence-corrected chi connectivity index (χ4v) is 1.64. The molecule has 1 aromatic carbocycles. The summed E-state index contributed by atoms with van der Waals surface area (Å²) in [6.07, 6.45) is 0.938. The topological polar surface area (TPSA) is 98.9 Å². The van der Waals surface area contributed by atoms with Gasteiger partial charge in [0.2, 0.25) is 0 Å². The van der Waals surface area contributed by atoms with Crippen molar-refractivity contribution >= 4 is 11.7 Å². The third-order valence-electron chi connectivity index (χ3n) is 2.72. The minimum atomic E-state index is -1.07. The second-order valence-electron chi connectivity index (χ2n) is 4.18. The zero-order valence-electron chi connectivity index (χ0n) is 11.4. The zero-order chi connectivity index (χ0) is 15.1. The van der Waals surface area contributed by atoms with Crippen molar-refractivity contribution in [2.75, 3.05) is 7.11 Å². The maximum atomic E-state index is 11.1. The summed E-state index contributed by atoms with van der Waals surface area (Å²) in [5.41, 5.74) is -0.144. The SMILES string of the molecule is CCCCC(Oc1ccc([N+](=O)[O-])cc1OC)C(=O)O. The predicted octanol–water partition coefficient (Wildman–Crippen LogP) is 2.63. The highest BCUT2D eigenvalue weighted by Gasteiger charge is 2.21. The van der Waals surface area contributed by atoms with E-state index in [0.717, 1.165) is 6.42 Å². The fraction of sp³-hybridized carbons (Fsp3) is 0.462. The maximum absolute atomic E-state index is 11.1. The second kappa shape index (κ2) is 7.32. The molecule has 0 amide bonds. The third-order valence-corrected chi connectivity index (χ3v) is 2.72. The number of methoxy groups -OCH3 is 1. The van der Waals surface area contributed by atoms with Crippen molar-refractivity contribution < 1.29 is 24.3 Å². The lowest BCUT2D eigenvalue weighted by atomic mass is 10.1. The first-order valence-electron chi connectivity index (χ1n) is 6.21. The summed E-state index contributed by atoms with van der Waals surface area (Å²) in [4.78, 5) is 21.2. The molecular weight excluding hydrogens is 266 g/mol. The third kappa shape index (κ3) is 4.11. The first-order valence-corrected chi connectivity index (χ1v) is 6.21. The number of benzene rings is 1. The van der Waals surface area contributed by atoms with E-state index in [4.69, 9.17) is 14.6 Å². The first kappa shape index (κ1) is 15.7. The maximum Gasteiger partial charge on any atom is 0.344 e. The van der Waals surface area contributed by atoms with Crippen LogP contribution in [-0.4, -0.2) is 29.2 Å². The molecule has 110 valence electrons. The highest BCUT2D eigenvalue weighted by Crippen LogP contribution is 2.32. The summed E-state index contributed by atoms with van der Waals surface area (Å²) in [6, 6.07) is 3.80. The molecule has 0 bridgehead atoms. The number of nitro groups is 1. The summed E-state index contributed by atoms with van der Waals surface area (Å²) in [5.74, 6) is -0.748. The van der Waals surface area contributed by atoms with Gasteiger partial charge in [-0.05, 0) is 18.9 Å². The molecule has 0 aliphatic heterocycles. The molecule has 7 nitrogen and oxygen atoms in total. The van der Waals surface area contributed by atoms with E-state index in [-0.39, 0.29) is 17.2 Å². The highest BCUT2D eigenvalue weighted by atomic mass is 16.6. The van der Waals surface area contributed by atoms with Crippen molar-refractivity contribution in [3.8, 4) is 11.5 Å². The summed E-state index contributed by atoms with van der Waals surface area (Å²) >= 11 is 0. The van der Waals surface area contributed by atoms with Gasteiger partial charge in [-0.2, -0.15) is 0 Å². The van der Waals surface area contributed by atoms with Crippen LogP contribution in [-0.2, 0) is 4.79 Å². The van der Waals surface area contributed by atoms with Crippen molar-refractivity contribution in [3.05, 3.63) is 28.3 Å². The largest absolute Gasteiger partial charge is 0.493 e. The number of non-ortho nitro benzene ring substituents is 1. The van der Waals surface area contributed by atoms with E-state index in [1.165, 1.54) is 25.3 Å². The standard InChI is InChI=1S/C13H17NO6/c1-3-4-5-11(13(15)16)20-10-7-6-9(14(17)18)8-12(10)19-2/h6-8,11H,3-5H2,1-2H3,(H,15,16). The number of hydrogen-bond donors (Lipinski definition) is 1. The molecule has 1 rings (SSSR count). The smallest absolute Gasteiger partial charge is 0.344 e. The van der Waals surface area contributed by atoms with Gasteiger partial charge in [-0.25, -0.2) is 4.79 Å². The van der Waals surface area contributed by atoms with Crippen LogP contribution in [0.15, 0.2) is 18.2 Å². The monoisotopic (exact) mass is 283 g/mol. The van der Waals surface area contributed by atoms with E-state index >= 15 is 0 Å². The van der Waals surface area contributed by atoms with E-state index < -0.39 is 17.0 Å². The number of nitrogens with zero attached hydrogens (tertiary/aromatic N) is 1. The molecule has 0 saturated heterocycles. The fourth-order valence-electron chi connectivity index (χ4n) is 1.64. The van der Waals surface area contributed by atoms with Crippen LogP contribution < -0.4 is 9.47 Å². The van der Waals surface area contributed by atoms with Crippen molar-refractivity contribution in [2.45, 2.75) is 32.3 Å². The van der Waals surface area contributed by atoms with Crippen molar-refractivity contribution in [3.63, 3.8) is 0 Å². The lowest BCUT2D eigenvalue weighted by Gasteiger charge is -2.16. The number of aliphatic carboxylic acids is 1. The van der Waals surface area contributed by atoms with Crippen LogP contribution in [0.25, 0.3) is 0 Å². The van der Waals surface area contributed by atoms with Gasteiger partial charge in [0.25, 0.3) is 5.69 Å². The van der Waals surface area contributed by atoms with Crippen LogP contribution in [0.5, 0.6) is 11.5 Å². The number of rotatable bonds is 8. The summed E-state index contributed by atoms with van der Waals surface area (Å²) < 4.78 is 10.4. The zero-order valence-corrected chi connectivity index (χ0v) is 11.4. The number of ether oxygens (including phenoxy) is 2. The normalized spacial score (nSPS) is 11.7. The van der Waals surface area contributed by atoms with Gasteiger partial charge in [-0.15, -0.1) is 0 Å². The second-order valence-corrected chi connectivity index (χ2v) is 4.18. The number of nitro benzene ring substituents is 1. The van der Waals surface area contributed by atoms with Crippen molar-refractivity contribution in [2.24, 2.45) is 0 Å². The Bertz CT molecular complexity index is 488. The number of carboxylic acids is 1. The molecule has 0 saturated carbocycles. The van der Waals surface area contributed by atoms with E-state index in [9.17, 15) is 14.9 Å². The lowest BCUT2D eigenvalue weighted by Crippen LogP contribution is -2.27. The molecule has 1 aromatic rings. The van der Waals surface area contributed by atoms with Gasteiger partial charge in [0.05, 0.1) is 18.1 Å². The Morgan fingerprint density at radius 2 is 2.15 bits per heavy atom. The number of carbonyl (C=O) groups is 1. The van der Waals surface area contributed by atoms with Crippen LogP contribution in [0.3, 0.4) is 0 Å². The number of carboxylic acid groups (broad SMARTS) is 1. The van der Waals surface area contributed by atoms with Gasteiger partial charge < -0.3 is 14.6 Å². The average molecular weight is 283 g/mol. The van der Waals surface area contributed by atoms with Crippen LogP contribution in [0.1, 0.15) is 26.2 Å². The van der Waals surface area contributed by atoms with Crippen LogP contribution >= 0.6 is 0 Å². The molecule has 1 N–H and O–H groups in total. The molecule has 1 atom stereocenters. The Labute approximate surface area is 116 Å². The number of hydrogen-bond acceptors (Lipinski definition) is 5. The van der Waals surface area contributed by atoms with Gasteiger partial charge in [0, 0.05) is 6.07 Å². The highest BCUT2D eigenvalue weighted by molar-refractivity contribution is 5.73. The van der Waals surface area contributed by atoms with Gasteiger partial charge in [0.1, 0.15) is 0 Å². The number of unbranched alkanes of at least 4 members (excludes halogenated alkanes) is 1. The molecule has 7 heteroatoms. The minimum absolute atomic E-state index is 0.141. The van der Waals surface area contributed by atoms with Crippen LogP contribution in [0.2, 0.25) is 0 Å². The molecule has 0 fully saturated rings. The van der Waals surface area contributed by atoms with E-state index in [2.05, 4.69) is 0 Å². The van der Waals surface area contributed by atoms with E-state index in [0.29, 0.717) is 12.8 Å². The lowest BCUT2D eigenvalue weighted by molar-refractivity contribution is -0.385. The van der Waals surface area contributed by atoms with E-state index in [1.54, 1.807) is 0 Å². The molecule has 0 aliphatic rings. The van der Waals surface area contributed by atoms with Gasteiger partial charge in [-0.3, -0.25) is 10.1 Å².